The Labute approximate surface area is 145 Å². The summed E-state index contributed by atoms with van der Waals surface area (Å²) in [5.41, 5.74) is 0.641. The number of benzene rings is 1. The number of anilines is 1. The number of nitrogens with zero attached hydrogens (tertiary/aromatic N) is 1. The largest absolute Gasteiger partial charge is 0.497 e. The quantitative estimate of drug-likeness (QED) is 0.537. The first-order chi connectivity index (χ1) is 10.5. The van der Waals surface area contributed by atoms with Crippen LogP contribution in [-0.4, -0.2) is 28.6 Å². The van der Waals surface area contributed by atoms with Crippen LogP contribution in [0.5, 0.6) is 5.75 Å². The van der Waals surface area contributed by atoms with Crippen LogP contribution in [0.4, 0.5) is 5.69 Å². The average Bonchev–Trinajstić information content (AvgIpc) is 3.13. The molecule has 6 atom stereocenters. The number of imide groups is 1. The van der Waals surface area contributed by atoms with Crippen LogP contribution in [0.25, 0.3) is 0 Å². The maximum Gasteiger partial charge on any atom is 0.238 e. The lowest BCUT2D eigenvalue weighted by Gasteiger charge is -2.28. The summed E-state index contributed by atoms with van der Waals surface area (Å²) in [6.07, 6.45) is 0.953. The van der Waals surface area contributed by atoms with Gasteiger partial charge >= 0.3 is 0 Å². The molecule has 116 valence electrons. The molecule has 2 aliphatic carbocycles. The molecule has 2 bridgehead atoms. The highest BCUT2D eigenvalue weighted by Crippen LogP contribution is 2.60. The third-order valence-corrected chi connectivity index (χ3v) is 8.52. The van der Waals surface area contributed by atoms with Gasteiger partial charge in [-0.15, -0.1) is 0 Å². The topological polar surface area (TPSA) is 46.6 Å². The molecule has 4 nitrogen and oxygen atoms in total. The van der Waals surface area contributed by atoms with Crippen LogP contribution in [0.2, 0.25) is 0 Å². The molecule has 0 spiro atoms. The van der Waals surface area contributed by atoms with Crippen molar-refractivity contribution >= 4 is 49.4 Å². The average molecular weight is 429 g/mol. The van der Waals surface area contributed by atoms with E-state index in [-0.39, 0.29) is 45.1 Å². The zero-order chi connectivity index (χ0) is 15.6. The molecule has 2 saturated carbocycles. The Morgan fingerprint density at radius 3 is 1.95 bits per heavy atom. The Bertz CT molecular complexity index is 615. The van der Waals surface area contributed by atoms with Gasteiger partial charge in [-0.25, -0.2) is 0 Å². The van der Waals surface area contributed by atoms with Gasteiger partial charge in [-0.3, -0.25) is 14.5 Å². The number of halogens is 2. The highest BCUT2D eigenvalue weighted by molar-refractivity contribution is 9.12. The van der Waals surface area contributed by atoms with Gasteiger partial charge in [-0.1, -0.05) is 31.9 Å². The lowest BCUT2D eigenvalue weighted by atomic mass is 9.81. The molecular formula is C16H15Br2NO3. The van der Waals surface area contributed by atoms with E-state index < -0.39 is 0 Å². The third-order valence-electron chi connectivity index (χ3n) is 5.32. The first-order valence-electron chi connectivity index (χ1n) is 7.34. The van der Waals surface area contributed by atoms with Crippen molar-refractivity contribution in [3.63, 3.8) is 0 Å². The minimum absolute atomic E-state index is 0.0449. The summed E-state index contributed by atoms with van der Waals surface area (Å²) in [6.45, 7) is 0. The molecule has 1 saturated heterocycles. The van der Waals surface area contributed by atoms with Crippen molar-refractivity contribution in [2.45, 2.75) is 16.1 Å². The highest BCUT2D eigenvalue weighted by Gasteiger charge is 2.66. The lowest BCUT2D eigenvalue weighted by Crippen LogP contribution is -2.37. The molecule has 0 unspecified atom stereocenters. The first-order valence-corrected chi connectivity index (χ1v) is 9.17. The van der Waals surface area contributed by atoms with E-state index in [0.29, 0.717) is 11.4 Å². The first kappa shape index (κ1) is 14.7. The van der Waals surface area contributed by atoms with Crippen LogP contribution in [0.3, 0.4) is 0 Å². The minimum Gasteiger partial charge on any atom is -0.497 e. The summed E-state index contributed by atoms with van der Waals surface area (Å²) in [5, 5.41) is 0. The number of methoxy groups -OCH3 is 1. The minimum atomic E-state index is -0.169. The van der Waals surface area contributed by atoms with E-state index in [1.54, 1.807) is 31.4 Å². The smallest absolute Gasteiger partial charge is 0.238 e. The van der Waals surface area contributed by atoms with E-state index in [4.69, 9.17) is 4.74 Å². The van der Waals surface area contributed by atoms with Crippen molar-refractivity contribution in [1.82, 2.24) is 0 Å². The summed E-state index contributed by atoms with van der Waals surface area (Å²) in [6, 6.07) is 7.10. The molecule has 1 aromatic carbocycles. The van der Waals surface area contributed by atoms with Crippen LogP contribution in [0.1, 0.15) is 6.42 Å². The molecule has 3 aliphatic rings. The molecule has 0 aromatic heterocycles. The van der Waals surface area contributed by atoms with Crippen LogP contribution < -0.4 is 9.64 Å². The second kappa shape index (κ2) is 5.06. The van der Waals surface area contributed by atoms with Crippen LogP contribution in [0.15, 0.2) is 24.3 Å². The number of hydrogen-bond donors (Lipinski definition) is 0. The number of rotatable bonds is 2. The Hall–Kier alpha value is -0.880. The normalized spacial score (nSPS) is 39.5. The van der Waals surface area contributed by atoms with Crippen molar-refractivity contribution in [2.24, 2.45) is 23.7 Å². The molecule has 3 fully saturated rings. The number of carbonyl (C=O) groups is 2. The van der Waals surface area contributed by atoms with Crippen LogP contribution in [0, 0.1) is 23.7 Å². The van der Waals surface area contributed by atoms with Gasteiger partial charge in [0.2, 0.25) is 11.8 Å². The summed E-state index contributed by atoms with van der Waals surface area (Å²) in [7, 11) is 1.59. The van der Waals surface area contributed by atoms with Gasteiger partial charge in [0.15, 0.2) is 0 Å². The molecule has 0 N–H and O–H groups in total. The Kier molecular flexibility index (Phi) is 3.38. The third kappa shape index (κ3) is 1.80. The van der Waals surface area contributed by atoms with Crippen molar-refractivity contribution in [2.75, 3.05) is 12.0 Å². The summed E-state index contributed by atoms with van der Waals surface area (Å²) >= 11 is 7.39. The molecule has 2 amide bonds. The molecule has 4 rings (SSSR count). The van der Waals surface area contributed by atoms with E-state index in [2.05, 4.69) is 31.9 Å². The van der Waals surface area contributed by atoms with E-state index in [0.717, 1.165) is 6.42 Å². The Morgan fingerprint density at radius 2 is 1.50 bits per heavy atom. The van der Waals surface area contributed by atoms with Crippen molar-refractivity contribution in [3.05, 3.63) is 24.3 Å². The van der Waals surface area contributed by atoms with Gasteiger partial charge in [0.25, 0.3) is 0 Å². The fraction of sp³-hybridized carbons (Fsp3) is 0.500. The van der Waals surface area contributed by atoms with E-state index in [9.17, 15) is 9.59 Å². The fourth-order valence-electron chi connectivity index (χ4n) is 4.33. The van der Waals surface area contributed by atoms with Crippen molar-refractivity contribution in [3.8, 4) is 5.75 Å². The molecule has 6 heteroatoms. The predicted octanol–water partition coefficient (Wildman–Crippen LogP) is 2.98. The van der Waals surface area contributed by atoms with Gasteiger partial charge < -0.3 is 4.74 Å². The summed E-state index contributed by atoms with van der Waals surface area (Å²) < 4.78 is 5.13. The maximum atomic E-state index is 12.8. The predicted molar refractivity (Wildman–Crippen MR) is 89.5 cm³/mol. The number of fused-ring (bicyclic) bond motifs is 5. The highest BCUT2D eigenvalue weighted by atomic mass is 79.9. The molecule has 1 aromatic rings. The number of amides is 2. The number of ether oxygens (including phenoxy) is 1. The number of hydrogen-bond acceptors (Lipinski definition) is 3. The summed E-state index contributed by atoms with van der Waals surface area (Å²) in [5.74, 6) is 0.783. The monoisotopic (exact) mass is 427 g/mol. The lowest BCUT2D eigenvalue weighted by molar-refractivity contribution is -0.123. The van der Waals surface area contributed by atoms with Crippen molar-refractivity contribution in [1.29, 1.82) is 0 Å². The van der Waals surface area contributed by atoms with Gasteiger partial charge in [-0.2, -0.15) is 0 Å². The zero-order valence-corrected chi connectivity index (χ0v) is 15.1. The molecule has 1 heterocycles. The maximum absolute atomic E-state index is 12.8. The Morgan fingerprint density at radius 1 is 1.00 bits per heavy atom. The van der Waals surface area contributed by atoms with Gasteiger partial charge in [0, 0.05) is 9.65 Å². The van der Waals surface area contributed by atoms with E-state index in [1.165, 1.54) is 4.90 Å². The van der Waals surface area contributed by atoms with Crippen molar-refractivity contribution < 1.29 is 14.3 Å². The fourth-order valence-corrected chi connectivity index (χ4v) is 6.21. The SMILES string of the molecule is COc1ccc(N2C(=O)[C@H]3[C@H]4C[C@@H]([C@@H](Br)[C@@H]4Br)[C@@H]3C2=O)cc1. The molecule has 22 heavy (non-hydrogen) atoms. The molecule has 1 aliphatic heterocycles. The van der Waals surface area contributed by atoms with Gasteiger partial charge in [0.05, 0.1) is 24.6 Å². The second-order valence-electron chi connectivity index (χ2n) is 6.21. The number of alkyl halides is 2. The van der Waals surface area contributed by atoms with Crippen LogP contribution >= 0.6 is 31.9 Å². The Balaban J connectivity index is 1.69. The van der Waals surface area contributed by atoms with Gasteiger partial charge in [0.1, 0.15) is 5.75 Å². The van der Waals surface area contributed by atoms with Gasteiger partial charge in [-0.05, 0) is 42.5 Å². The number of carbonyl (C=O) groups excluding carboxylic acids is 2. The molecular weight excluding hydrogens is 414 g/mol. The van der Waals surface area contributed by atoms with E-state index >= 15 is 0 Å². The van der Waals surface area contributed by atoms with Crippen LogP contribution in [-0.2, 0) is 9.59 Å². The standard InChI is InChI=1S/C16H15Br2NO3/c1-22-8-4-2-7(3-5-8)19-15(20)11-9-6-10(12(11)16(19)21)14(18)13(9)17/h2-5,9-14H,6H2,1H3/t9-,10-,11+,12+,13-,14-/m1/s1. The van der Waals surface area contributed by atoms with E-state index in [1.807, 2.05) is 0 Å². The summed E-state index contributed by atoms with van der Waals surface area (Å²) in [4.78, 5) is 27.6. The molecule has 0 radical (unpaired) electrons. The zero-order valence-electron chi connectivity index (χ0n) is 11.9. The second-order valence-corrected chi connectivity index (χ2v) is 8.33.